The van der Waals surface area contributed by atoms with Gasteiger partial charge in [-0.1, -0.05) is 36.4 Å². The van der Waals surface area contributed by atoms with Crippen molar-refractivity contribution in [2.45, 2.75) is 13.0 Å². The second-order valence-electron chi connectivity index (χ2n) is 3.99. The molecule has 0 aliphatic carbocycles. The van der Waals surface area contributed by atoms with Crippen LogP contribution in [-0.4, -0.2) is 7.04 Å². The van der Waals surface area contributed by atoms with Crippen molar-refractivity contribution < 1.29 is 13.6 Å². The third-order valence-electron chi connectivity index (χ3n) is 2.64. The molecular weight excluding hydrogens is 238 g/mol. The molecule has 3 heteroatoms. The van der Waals surface area contributed by atoms with Crippen LogP contribution in [0.4, 0.5) is 0 Å². The lowest BCUT2D eigenvalue weighted by atomic mass is 10.1. The first-order valence-electron chi connectivity index (χ1n) is 7.33. The summed E-state index contributed by atoms with van der Waals surface area (Å²) in [5.74, 6) is 0.449. The van der Waals surface area contributed by atoms with E-state index >= 15 is 0 Å². The van der Waals surface area contributed by atoms with Crippen molar-refractivity contribution in [3.05, 3.63) is 59.7 Å². The van der Waals surface area contributed by atoms with Crippen LogP contribution in [0.2, 0.25) is 0 Å². The van der Waals surface area contributed by atoms with Gasteiger partial charge in [-0.3, -0.25) is 0 Å². The minimum atomic E-state index is -2.57. The molecule has 0 aromatic heterocycles. The molecule has 2 aromatic carbocycles. The predicted octanol–water partition coefficient (Wildman–Crippen LogP) is 3.34. The molecule has 0 amide bonds. The third kappa shape index (κ3) is 3.49. The fourth-order valence-corrected chi connectivity index (χ4v) is 1.69. The summed E-state index contributed by atoms with van der Waals surface area (Å²) in [5, 5.41) is 8.73. The zero-order chi connectivity index (χ0) is 16.0. The van der Waals surface area contributed by atoms with Crippen LogP contribution in [0.25, 0.3) is 0 Å². The average Bonchev–Trinajstić information content (AvgIpc) is 2.46. The molecule has 96 valence electrons. The average molecular weight is 256 g/mol. The zero-order valence-corrected chi connectivity index (χ0v) is 10.3. The standard InChI is InChI=1S/C16H15NO2/c1-18-16-11-13(9-10-17)7-8-15(16)19-12-14-5-3-2-4-6-14/h2-8,11H,9,12H2,1H3/i1D3. The fraction of sp³-hybridized carbons (Fsp3) is 0.188. The highest BCUT2D eigenvalue weighted by molar-refractivity contribution is 5.43. The molecule has 3 nitrogen and oxygen atoms in total. The Balaban J connectivity index is 2.19. The van der Waals surface area contributed by atoms with Crippen LogP contribution in [-0.2, 0) is 13.0 Å². The quantitative estimate of drug-likeness (QED) is 0.824. The largest absolute Gasteiger partial charge is 0.493 e. The van der Waals surface area contributed by atoms with E-state index in [1.807, 2.05) is 36.4 Å². The van der Waals surface area contributed by atoms with Gasteiger partial charge in [-0.25, -0.2) is 0 Å². The molecule has 0 heterocycles. The van der Waals surface area contributed by atoms with Gasteiger partial charge in [-0.15, -0.1) is 0 Å². The number of hydrogen-bond donors (Lipinski definition) is 0. The zero-order valence-electron chi connectivity index (χ0n) is 13.3. The van der Waals surface area contributed by atoms with E-state index in [2.05, 4.69) is 0 Å². The summed E-state index contributed by atoms with van der Waals surface area (Å²) in [6.07, 6.45) is 0.177. The summed E-state index contributed by atoms with van der Waals surface area (Å²) in [7, 11) is -2.57. The smallest absolute Gasteiger partial charge is 0.161 e. The van der Waals surface area contributed by atoms with Crippen molar-refractivity contribution >= 4 is 0 Å². The van der Waals surface area contributed by atoms with E-state index < -0.39 is 7.04 Å². The number of benzene rings is 2. The molecule has 19 heavy (non-hydrogen) atoms. The summed E-state index contributed by atoms with van der Waals surface area (Å²) in [5.41, 5.74) is 1.64. The van der Waals surface area contributed by atoms with E-state index in [4.69, 9.17) is 18.8 Å². The van der Waals surface area contributed by atoms with Gasteiger partial charge in [0.15, 0.2) is 11.5 Å². The molecule has 0 N–H and O–H groups in total. The number of methoxy groups -OCH3 is 1. The molecule has 2 aromatic rings. The first-order valence-corrected chi connectivity index (χ1v) is 5.83. The van der Waals surface area contributed by atoms with Crippen LogP contribution >= 0.6 is 0 Å². The second-order valence-corrected chi connectivity index (χ2v) is 3.99. The molecule has 0 fully saturated rings. The Hall–Kier alpha value is -2.47. The summed E-state index contributed by atoms with van der Waals surface area (Å²) in [6, 6.07) is 16.4. The normalized spacial score (nSPS) is 12.7. The summed E-state index contributed by atoms with van der Waals surface area (Å²) < 4.78 is 32.3. The van der Waals surface area contributed by atoms with Gasteiger partial charge >= 0.3 is 0 Å². The number of nitriles is 1. The van der Waals surface area contributed by atoms with Gasteiger partial charge in [0, 0.05) is 0 Å². The molecule has 2 rings (SSSR count). The highest BCUT2D eigenvalue weighted by Crippen LogP contribution is 2.28. The van der Waals surface area contributed by atoms with Crippen LogP contribution in [0, 0.1) is 11.3 Å². The highest BCUT2D eigenvalue weighted by atomic mass is 16.5. The minimum absolute atomic E-state index is 0.115. The minimum Gasteiger partial charge on any atom is -0.493 e. The Kier molecular flexibility index (Phi) is 3.22. The highest BCUT2D eigenvalue weighted by Gasteiger charge is 2.06. The van der Waals surface area contributed by atoms with Crippen molar-refractivity contribution in [1.29, 1.82) is 5.26 Å². The molecular formula is C16H15NO2. The molecule has 0 saturated heterocycles. The second kappa shape index (κ2) is 6.46. The fourth-order valence-electron chi connectivity index (χ4n) is 1.69. The predicted molar refractivity (Wildman–Crippen MR) is 73.1 cm³/mol. The molecule has 0 atom stereocenters. The Morgan fingerprint density at radius 2 is 1.95 bits per heavy atom. The van der Waals surface area contributed by atoms with Crippen molar-refractivity contribution in [3.63, 3.8) is 0 Å². The topological polar surface area (TPSA) is 42.2 Å². The Morgan fingerprint density at radius 1 is 1.11 bits per heavy atom. The van der Waals surface area contributed by atoms with Gasteiger partial charge in [-0.05, 0) is 23.3 Å². The Morgan fingerprint density at radius 3 is 2.68 bits per heavy atom. The Labute approximate surface area is 117 Å². The lowest BCUT2D eigenvalue weighted by Gasteiger charge is -2.11. The maximum Gasteiger partial charge on any atom is 0.161 e. The maximum absolute atomic E-state index is 8.73. The molecule has 0 aliphatic rings. The molecule has 0 aliphatic heterocycles. The summed E-state index contributed by atoms with van der Waals surface area (Å²) in [4.78, 5) is 0. The van der Waals surface area contributed by atoms with Gasteiger partial charge in [0.25, 0.3) is 0 Å². The van der Waals surface area contributed by atoms with E-state index in [-0.39, 0.29) is 12.2 Å². The van der Waals surface area contributed by atoms with Gasteiger partial charge < -0.3 is 9.47 Å². The molecule has 0 bridgehead atoms. The van der Waals surface area contributed by atoms with Crippen LogP contribution in [0.5, 0.6) is 11.5 Å². The first kappa shape index (κ1) is 9.46. The van der Waals surface area contributed by atoms with Gasteiger partial charge in [0.2, 0.25) is 0 Å². The monoisotopic (exact) mass is 256 g/mol. The number of nitrogens with zero attached hydrogens (tertiary/aromatic N) is 1. The van der Waals surface area contributed by atoms with Gasteiger partial charge in [0.1, 0.15) is 6.61 Å². The van der Waals surface area contributed by atoms with Crippen LogP contribution in [0.1, 0.15) is 15.2 Å². The molecule has 0 radical (unpaired) electrons. The summed E-state index contributed by atoms with van der Waals surface area (Å²) in [6.45, 7) is 0.301. The Bertz CT molecular complexity index is 663. The van der Waals surface area contributed by atoms with E-state index in [1.54, 1.807) is 12.1 Å². The van der Waals surface area contributed by atoms with Crippen molar-refractivity contribution in [3.8, 4) is 17.6 Å². The van der Waals surface area contributed by atoms with Crippen molar-refractivity contribution in [1.82, 2.24) is 0 Å². The number of rotatable bonds is 5. The van der Waals surface area contributed by atoms with Crippen LogP contribution in [0.15, 0.2) is 48.5 Å². The molecule has 0 unspecified atom stereocenters. The van der Waals surface area contributed by atoms with Gasteiger partial charge in [-0.2, -0.15) is 5.26 Å². The number of ether oxygens (including phenoxy) is 2. The van der Waals surface area contributed by atoms with Crippen LogP contribution in [0.3, 0.4) is 0 Å². The van der Waals surface area contributed by atoms with Crippen LogP contribution < -0.4 is 9.47 Å². The number of hydrogen-bond acceptors (Lipinski definition) is 3. The van der Waals surface area contributed by atoms with E-state index in [9.17, 15) is 0 Å². The van der Waals surface area contributed by atoms with Crippen molar-refractivity contribution in [2.24, 2.45) is 0 Å². The SMILES string of the molecule is [2H]C([2H])([2H])Oc1cc(CC#N)ccc1OCc1ccccc1. The molecule has 0 saturated carbocycles. The lowest BCUT2D eigenvalue weighted by Crippen LogP contribution is -1.98. The lowest BCUT2D eigenvalue weighted by molar-refractivity contribution is 0.284. The van der Waals surface area contributed by atoms with E-state index in [1.165, 1.54) is 6.07 Å². The third-order valence-corrected chi connectivity index (χ3v) is 2.64. The summed E-state index contributed by atoms with van der Waals surface area (Å²) >= 11 is 0. The maximum atomic E-state index is 8.73. The van der Waals surface area contributed by atoms with E-state index in [0.29, 0.717) is 17.9 Å². The first-order chi connectivity index (χ1) is 10.5. The van der Waals surface area contributed by atoms with Gasteiger partial charge in [0.05, 0.1) is 23.6 Å². The van der Waals surface area contributed by atoms with E-state index in [0.717, 1.165) is 5.56 Å². The molecule has 0 spiro atoms. The van der Waals surface area contributed by atoms with Crippen molar-refractivity contribution in [2.75, 3.05) is 7.04 Å².